The Morgan fingerprint density at radius 3 is 1.58 bits per heavy atom. The summed E-state index contributed by atoms with van der Waals surface area (Å²) in [6.07, 6.45) is 6.20. The van der Waals surface area contributed by atoms with Crippen molar-refractivity contribution in [3.63, 3.8) is 0 Å². The third kappa shape index (κ3) is 36.8. The molecule has 0 amide bonds. The van der Waals surface area contributed by atoms with E-state index in [-0.39, 0.29) is 23.0 Å². The van der Waals surface area contributed by atoms with Crippen LogP contribution < -0.4 is 4.74 Å². The van der Waals surface area contributed by atoms with Gasteiger partial charge in [-0.25, -0.2) is 15.0 Å². The average molecular weight is 1140 g/mol. The molecule has 5 rings (SSSR count). The Kier molecular flexibility index (Phi) is 44.2. The van der Waals surface area contributed by atoms with Gasteiger partial charge < -0.3 is 40.1 Å². The molecule has 0 saturated carbocycles. The zero-order valence-electron chi connectivity index (χ0n) is 34.8. The van der Waals surface area contributed by atoms with Gasteiger partial charge in [0.25, 0.3) is 0 Å². The third-order valence-corrected chi connectivity index (χ3v) is 12.2. The van der Waals surface area contributed by atoms with Crippen LogP contribution in [0.5, 0.6) is 5.75 Å². The zero-order chi connectivity index (χ0) is 48.9. The first kappa shape index (κ1) is 65.9. The third-order valence-electron chi connectivity index (χ3n) is 6.70. The molecule has 3 aromatic heterocycles. The van der Waals surface area contributed by atoms with E-state index in [0.29, 0.717) is 18.9 Å². The van der Waals surface area contributed by atoms with Gasteiger partial charge in [0, 0.05) is 73.1 Å². The first-order chi connectivity index (χ1) is 30.4. The Morgan fingerprint density at radius 2 is 1.20 bits per heavy atom. The molecule has 0 radical (unpaired) electrons. The second kappa shape index (κ2) is 42.9. The van der Waals surface area contributed by atoms with Gasteiger partial charge in [-0.3, -0.25) is 0 Å². The summed E-state index contributed by atoms with van der Waals surface area (Å²) in [7, 11) is 0. The number of nitrogens with one attached hydrogen (secondary N) is 3. The predicted octanol–water partition coefficient (Wildman–Crippen LogP) is 9.42. The second-order valence-corrected chi connectivity index (χ2v) is 18.8. The average Bonchev–Trinajstić information content (AvgIpc) is 3.29. The van der Waals surface area contributed by atoms with E-state index in [2.05, 4.69) is 168 Å². The monoisotopic (exact) mass is 1140 g/mol. The van der Waals surface area contributed by atoms with Gasteiger partial charge in [0.15, 0.2) is 4.77 Å². The van der Waals surface area contributed by atoms with E-state index in [1.807, 2.05) is 55.9 Å². The number of thiol groups is 10. The maximum Gasteiger partial charge on any atom is 0.175 e. The Balaban J connectivity index is 0. The van der Waals surface area contributed by atoms with Crippen molar-refractivity contribution in [2.75, 3.05) is 46.9 Å². The van der Waals surface area contributed by atoms with Crippen molar-refractivity contribution in [3.05, 3.63) is 105 Å². The summed E-state index contributed by atoms with van der Waals surface area (Å²) in [5.74, 6) is 5.70. The summed E-state index contributed by atoms with van der Waals surface area (Å²) in [4.78, 5) is 24.6. The summed E-state index contributed by atoms with van der Waals surface area (Å²) in [5.41, 5.74) is 1.13. The maximum atomic E-state index is 8.75. The standard InChI is InChI=1S/C10H14OS2.C8H10S3.C5H6N2S.2C4H4N2S2.2C4H10O2S2/c1-8-7-9(13)3-4-10(8)11-5-2-6-12;9-5-6-11-8-3-1-7(10)2-4-8;1-4-6-2-5(8)3-7-4;7-3-1-5-2-6-4(3)8;7-3-1-2-5-4(8)6-3;2*5-3(1-7)4(6)2-8/h3-4,7,12-13H,2,5-6H2,1H3;1-4,9-10H,5-6H2;2-3,8H,1H3;1-2,7H,(H,5,6,8);1-2H,(H2,5,6,7,8);2*3-8H,1-2H2. The van der Waals surface area contributed by atoms with Gasteiger partial charge in [-0.1, -0.05) is 24.4 Å². The van der Waals surface area contributed by atoms with E-state index < -0.39 is 24.4 Å². The van der Waals surface area contributed by atoms with Crippen LogP contribution in [0.25, 0.3) is 0 Å². The molecule has 3 heterocycles. The molecule has 0 aliphatic rings. The van der Waals surface area contributed by atoms with Crippen molar-refractivity contribution < 1.29 is 25.2 Å². The highest BCUT2D eigenvalue weighted by Gasteiger charge is 2.11. The number of aliphatic hydroxyl groups excluding tert-OH is 4. The molecule has 0 spiro atoms. The van der Waals surface area contributed by atoms with Crippen LogP contribution in [-0.2, 0) is 0 Å². The number of H-pyrrole nitrogens is 3. The van der Waals surface area contributed by atoms with E-state index >= 15 is 0 Å². The van der Waals surface area contributed by atoms with Gasteiger partial charge in [-0.15, -0.1) is 62.3 Å². The largest absolute Gasteiger partial charge is 0.493 e. The number of hydrogen-bond acceptors (Lipinski definition) is 22. The number of benzene rings is 2. The minimum atomic E-state index is -0.740. The number of ether oxygens (including phenoxy) is 1. The number of rotatable bonds is 13. The first-order valence-corrected chi connectivity index (χ1v) is 26.4. The summed E-state index contributed by atoms with van der Waals surface area (Å²) in [6, 6.07) is 15.8. The molecule has 0 aliphatic heterocycles. The van der Waals surface area contributed by atoms with Crippen LogP contribution in [0.2, 0.25) is 0 Å². The molecule has 4 atom stereocenters. The molecule has 0 bridgehead atoms. The van der Waals surface area contributed by atoms with Gasteiger partial charge in [-0.05, 0) is 98.1 Å². The van der Waals surface area contributed by atoms with Gasteiger partial charge in [0.1, 0.15) is 20.9 Å². The highest BCUT2D eigenvalue weighted by atomic mass is 32.2. The Labute approximate surface area is 452 Å². The van der Waals surface area contributed by atoms with Crippen LogP contribution in [0, 0.1) is 27.9 Å². The molecule has 64 heavy (non-hydrogen) atoms. The smallest absolute Gasteiger partial charge is 0.175 e. The SMILES string of the molecule is Cc1cc(S)ccc1OCCCS.Cc1ncc(S)cn1.OC(CS)C(O)CS.OC(CS)C(O)CS.S=c1[nH]cncc1S.S=c1cc[nH]c(=S)[nH]1.SCCSc1ccc(S)cc1. The molecule has 0 fully saturated rings. The Hall–Kier alpha value is -0.170. The number of nitrogens with zero attached hydrogens (tertiary/aromatic N) is 3. The molecular weight excluding hydrogens is 1080 g/mol. The second-order valence-electron chi connectivity index (χ2n) is 12.0. The summed E-state index contributed by atoms with van der Waals surface area (Å²) in [6.45, 7) is 4.60. The quantitative estimate of drug-likeness (QED) is 0.0233. The van der Waals surface area contributed by atoms with Gasteiger partial charge in [0.2, 0.25) is 0 Å². The Morgan fingerprint density at radius 1 is 0.672 bits per heavy atom. The molecule has 25 heteroatoms. The number of thioether (sulfide) groups is 1. The molecule has 2 aromatic carbocycles. The lowest BCUT2D eigenvalue weighted by atomic mass is 10.2. The topological polar surface area (TPSA) is 176 Å². The van der Waals surface area contributed by atoms with Crippen LogP contribution in [0.15, 0.2) is 104 Å². The summed E-state index contributed by atoms with van der Waals surface area (Å²) < 4.78 is 7.41. The van der Waals surface area contributed by atoms with Crippen molar-refractivity contribution in [3.8, 4) is 5.75 Å². The van der Waals surface area contributed by atoms with E-state index in [1.54, 1.807) is 30.9 Å². The van der Waals surface area contributed by atoms with Gasteiger partial charge in [-0.2, -0.15) is 75.8 Å². The van der Waals surface area contributed by atoms with E-state index in [4.69, 9.17) is 61.8 Å². The summed E-state index contributed by atoms with van der Waals surface area (Å²) >= 11 is 55.8. The number of hydrogen-bond donors (Lipinski definition) is 17. The molecule has 7 N–H and O–H groups in total. The number of aryl methyl sites for hydroxylation is 2. The first-order valence-electron chi connectivity index (χ1n) is 18.6. The Bertz CT molecular complexity index is 1990. The van der Waals surface area contributed by atoms with E-state index in [9.17, 15) is 0 Å². The zero-order valence-corrected chi connectivity index (χ0v) is 47.0. The van der Waals surface area contributed by atoms with Crippen molar-refractivity contribution in [2.24, 2.45) is 0 Å². The van der Waals surface area contributed by atoms with Crippen molar-refractivity contribution >= 4 is 175 Å². The highest BCUT2D eigenvalue weighted by molar-refractivity contribution is 8.00. The lowest BCUT2D eigenvalue weighted by Crippen LogP contribution is -2.28. The van der Waals surface area contributed by atoms with Crippen molar-refractivity contribution in [2.45, 2.75) is 69.2 Å². The van der Waals surface area contributed by atoms with Crippen LogP contribution in [0.3, 0.4) is 0 Å². The van der Waals surface area contributed by atoms with Crippen LogP contribution >= 0.6 is 175 Å². The normalized spacial score (nSPS) is 11.7. The number of aromatic amines is 3. The predicted molar refractivity (Wildman–Crippen MR) is 308 cm³/mol. The number of aromatic nitrogens is 6. The fraction of sp³-hybridized carbons (Fsp3) is 0.385. The lowest BCUT2D eigenvalue weighted by Gasteiger charge is -2.11. The number of aliphatic hydroxyl groups is 4. The molecule has 0 saturated heterocycles. The molecule has 11 nitrogen and oxygen atoms in total. The van der Waals surface area contributed by atoms with Gasteiger partial charge >= 0.3 is 0 Å². The fourth-order valence-corrected chi connectivity index (χ4v) is 6.55. The maximum absolute atomic E-state index is 8.75. The molecule has 358 valence electrons. The molecule has 0 aliphatic carbocycles. The van der Waals surface area contributed by atoms with Gasteiger partial charge in [0.05, 0.1) is 42.2 Å². The van der Waals surface area contributed by atoms with E-state index in [1.165, 1.54) is 11.2 Å². The lowest BCUT2D eigenvalue weighted by molar-refractivity contribution is 0.0504. The fourth-order valence-electron chi connectivity index (χ4n) is 3.34. The minimum Gasteiger partial charge on any atom is -0.493 e. The molecule has 5 aromatic rings. The van der Waals surface area contributed by atoms with Crippen molar-refractivity contribution in [1.29, 1.82) is 0 Å². The van der Waals surface area contributed by atoms with Crippen molar-refractivity contribution in [1.82, 2.24) is 29.9 Å². The van der Waals surface area contributed by atoms with Crippen LogP contribution in [0.4, 0.5) is 0 Å². The van der Waals surface area contributed by atoms with E-state index in [0.717, 1.165) is 62.1 Å². The van der Waals surface area contributed by atoms with Crippen LogP contribution in [-0.4, -0.2) is 122 Å². The van der Waals surface area contributed by atoms with Crippen LogP contribution in [0.1, 0.15) is 17.8 Å². The molecular formula is C39H58N6O5S14. The highest BCUT2D eigenvalue weighted by Crippen LogP contribution is 2.21. The minimum absolute atomic E-state index is 0.279. The summed E-state index contributed by atoms with van der Waals surface area (Å²) in [5, 5.41) is 35.0. The molecule has 4 unspecified atom stereocenters.